The molecule has 0 radical (unpaired) electrons. The van der Waals surface area contributed by atoms with E-state index in [-0.39, 0.29) is 12.0 Å². The van der Waals surface area contributed by atoms with Crippen LogP contribution in [0.1, 0.15) is 15.9 Å². The number of imidazole rings is 1. The maximum Gasteiger partial charge on any atom is 0.251 e. The van der Waals surface area contributed by atoms with E-state index >= 15 is 0 Å². The van der Waals surface area contributed by atoms with Gasteiger partial charge in [0.25, 0.3) is 5.91 Å². The van der Waals surface area contributed by atoms with Gasteiger partial charge in [0.2, 0.25) is 0 Å². The Morgan fingerprint density at radius 1 is 1.15 bits per heavy atom. The first-order chi connectivity index (χ1) is 12.8. The Kier molecular flexibility index (Phi) is 4.55. The first kappa shape index (κ1) is 16.2. The van der Waals surface area contributed by atoms with E-state index < -0.39 is 0 Å². The lowest BCUT2D eigenvalue weighted by Crippen LogP contribution is -2.40. The maximum atomic E-state index is 12.3. The van der Waals surface area contributed by atoms with Crippen LogP contribution in [0.3, 0.4) is 0 Å². The highest BCUT2D eigenvalue weighted by Crippen LogP contribution is 2.30. The summed E-state index contributed by atoms with van der Waals surface area (Å²) in [5.74, 6) is 1.33. The number of para-hydroxylation sites is 2. The van der Waals surface area contributed by atoms with Crippen molar-refractivity contribution in [1.29, 1.82) is 0 Å². The summed E-state index contributed by atoms with van der Waals surface area (Å²) in [6, 6.07) is 15.1. The van der Waals surface area contributed by atoms with Crippen LogP contribution in [0.5, 0.6) is 11.5 Å². The number of nitrogens with one attached hydrogen (secondary N) is 1. The van der Waals surface area contributed by atoms with Crippen LogP contribution in [0.4, 0.5) is 0 Å². The number of aromatic nitrogens is 2. The molecular formula is C20H19N3O3. The van der Waals surface area contributed by atoms with Gasteiger partial charge in [0.15, 0.2) is 11.5 Å². The highest BCUT2D eigenvalue weighted by atomic mass is 16.6. The van der Waals surface area contributed by atoms with Crippen molar-refractivity contribution in [3.63, 3.8) is 0 Å². The number of nitrogens with zero attached hydrogens (tertiary/aromatic N) is 2. The second kappa shape index (κ2) is 7.31. The molecule has 26 heavy (non-hydrogen) atoms. The molecule has 2 heterocycles. The van der Waals surface area contributed by atoms with Crippen molar-refractivity contribution >= 4 is 5.91 Å². The van der Waals surface area contributed by atoms with E-state index in [9.17, 15) is 4.79 Å². The summed E-state index contributed by atoms with van der Waals surface area (Å²) in [4.78, 5) is 16.4. The Hall–Kier alpha value is -3.28. The molecule has 1 aliphatic heterocycles. The summed E-state index contributed by atoms with van der Waals surface area (Å²) < 4.78 is 13.5. The smallest absolute Gasteiger partial charge is 0.251 e. The number of benzene rings is 2. The van der Waals surface area contributed by atoms with E-state index in [4.69, 9.17) is 9.47 Å². The number of hydrogen-bond acceptors (Lipinski definition) is 4. The van der Waals surface area contributed by atoms with E-state index in [1.54, 1.807) is 12.5 Å². The van der Waals surface area contributed by atoms with Crippen molar-refractivity contribution < 1.29 is 14.3 Å². The standard InChI is InChI=1S/C20H19N3O3/c24-20(16-7-5-15(6-8-16)12-23-10-9-21-14-23)22-11-17-13-25-18-3-1-2-4-19(18)26-17/h1-10,14,17H,11-13H2,(H,22,24). The van der Waals surface area contributed by atoms with Gasteiger partial charge >= 0.3 is 0 Å². The molecule has 1 aromatic heterocycles. The molecule has 0 aliphatic carbocycles. The van der Waals surface area contributed by atoms with Gasteiger partial charge in [-0.05, 0) is 29.8 Å². The Morgan fingerprint density at radius 3 is 2.73 bits per heavy atom. The fourth-order valence-electron chi connectivity index (χ4n) is 2.82. The lowest BCUT2D eigenvalue weighted by molar-refractivity contribution is 0.0789. The summed E-state index contributed by atoms with van der Waals surface area (Å²) in [5, 5.41) is 2.91. The van der Waals surface area contributed by atoms with Crippen molar-refractivity contribution in [3.8, 4) is 11.5 Å². The average Bonchev–Trinajstić information content (AvgIpc) is 3.19. The predicted molar refractivity (Wildman–Crippen MR) is 96.5 cm³/mol. The van der Waals surface area contributed by atoms with Gasteiger partial charge in [0.1, 0.15) is 12.7 Å². The van der Waals surface area contributed by atoms with Gasteiger partial charge in [0, 0.05) is 24.5 Å². The topological polar surface area (TPSA) is 65.4 Å². The fraction of sp³-hybridized carbons (Fsp3) is 0.200. The molecule has 6 nitrogen and oxygen atoms in total. The quantitative estimate of drug-likeness (QED) is 0.769. The first-order valence-electron chi connectivity index (χ1n) is 8.49. The van der Waals surface area contributed by atoms with E-state index in [0.717, 1.165) is 17.9 Å². The number of rotatable bonds is 5. The predicted octanol–water partition coefficient (Wildman–Crippen LogP) is 2.50. The lowest BCUT2D eigenvalue weighted by Gasteiger charge is -2.26. The van der Waals surface area contributed by atoms with Crippen LogP contribution in [-0.4, -0.2) is 34.7 Å². The molecule has 1 atom stereocenters. The molecule has 1 aliphatic rings. The largest absolute Gasteiger partial charge is 0.486 e. The van der Waals surface area contributed by atoms with Gasteiger partial charge in [-0.15, -0.1) is 0 Å². The molecule has 6 heteroatoms. The molecule has 0 bridgehead atoms. The van der Waals surface area contributed by atoms with E-state index in [1.165, 1.54) is 0 Å². The van der Waals surface area contributed by atoms with Crippen LogP contribution in [0.15, 0.2) is 67.3 Å². The number of fused-ring (bicyclic) bond motifs is 1. The van der Waals surface area contributed by atoms with Crippen molar-refractivity contribution in [3.05, 3.63) is 78.4 Å². The molecule has 1 amide bonds. The molecule has 3 aromatic rings. The van der Waals surface area contributed by atoms with Gasteiger partial charge in [-0.3, -0.25) is 4.79 Å². The highest BCUT2D eigenvalue weighted by molar-refractivity contribution is 5.94. The first-order valence-corrected chi connectivity index (χ1v) is 8.49. The van der Waals surface area contributed by atoms with E-state index in [2.05, 4.69) is 10.3 Å². The van der Waals surface area contributed by atoms with Crippen LogP contribution in [-0.2, 0) is 6.54 Å². The van der Waals surface area contributed by atoms with Crippen molar-refractivity contribution in [2.24, 2.45) is 0 Å². The number of ether oxygens (including phenoxy) is 2. The second-order valence-electron chi connectivity index (χ2n) is 6.14. The summed E-state index contributed by atoms with van der Waals surface area (Å²) in [7, 11) is 0. The molecule has 0 saturated heterocycles. The average molecular weight is 349 g/mol. The van der Waals surface area contributed by atoms with Crippen LogP contribution in [0, 0.1) is 0 Å². The summed E-state index contributed by atoms with van der Waals surface area (Å²) >= 11 is 0. The van der Waals surface area contributed by atoms with Crippen molar-refractivity contribution in [2.45, 2.75) is 12.6 Å². The molecule has 0 fully saturated rings. The SMILES string of the molecule is O=C(NCC1COc2ccccc2O1)c1ccc(Cn2ccnc2)cc1. The van der Waals surface area contributed by atoms with Gasteiger partial charge in [-0.1, -0.05) is 24.3 Å². The van der Waals surface area contributed by atoms with Crippen molar-refractivity contribution in [1.82, 2.24) is 14.9 Å². The third kappa shape index (κ3) is 3.69. The summed E-state index contributed by atoms with van der Waals surface area (Å²) in [5.41, 5.74) is 1.73. The summed E-state index contributed by atoms with van der Waals surface area (Å²) in [6.07, 6.45) is 5.22. The molecule has 2 aromatic carbocycles. The minimum atomic E-state index is -0.200. The zero-order valence-corrected chi connectivity index (χ0v) is 14.2. The molecule has 132 valence electrons. The van der Waals surface area contributed by atoms with Gasteiger partial charge in [0.05, 0.1) is 12.9 Å². The Morgan fingerprint density at radius 2 is 1.96 bits per heavy atom. The number of hydrogen-bond donors (Lipinski definition) is 1. The van der Waals surface area contributed by atoms with Crippen LogP contribution >= 0.6 is 0 Å². The normalized spacial score (nSPS) is 15.5. The van der Waals surface area contributed by atoms with Gasteiger partial charge in [-0.25, -0.2) is 4.98 Å². The Balaban J connectivity index is 1.31. The van der Waals surface area contributed by atoms with Crippen molar-refractivity contribution in [2.75, 3.05) is 13.2 Å². The minimum Gasteiger partial charge on any atom is -0.486 e. The fourth-order valence-corrected chi connectivity index (χ4v) is 2.82. The van der Waals surface area contributed by atoms with E-state index in [1.807, 2.05) is 59.3 Å². The second-order valence-corrected chi connectivity index (χ2v) is 6.14. The Labute approximate surface area is 151 Å². The van der Waals surface area contributed by atoms with Crippen LogP contribution < -0.4 is 14.8 Å². The van der Waals surface area contributed by atoms with Crippen LogP contribution in [0.2, 0.25) is 0 Å². The van der Waals surface area contributed by atoms with E-state index in [0.29, 0.717) is 24.5 Å². The summed E-state index contributed by atoms with van der Waals surface area (Å²) in [6.45, 7) is 1.54. The lowest BCUT2D eigenvalue weighted by atomic mass is 10.1. The minimum absolute atomic E-state index is 0.123. The van der Waals surface area contributed by atoms with Gasteiger partial charge in [-0.2, -0.15) is 0 Å². The number of carbonyl (C=O) groups is 1. The zero-order chi connectivity index (χ0) is 17.8. The molecule has 0 spiro atoms. The third-order valence-corrected chi connectivity index (χ3v) is 4.20. The number of carbonyl (C=O) groups excluding carboxylic acids is 1. The third-order valence-electron chi connectivity index (χ3n) is 4.20. The maximum absolute atomic E-state index is 12.3. The molecule has 1 N–H and O–H groups in total. The molecule has 4 rings (SSSR count). The molecule has 1 unspecified atom stereocenters. The van der Waals surface area contributed by atoms with Crippen LogP contribution in [0.25, 0.3) is 0 Å². The zero-order valence-electron chi connectivity index (χ0n) is 14.2. The number of amides is 1. The van der Waals surface area contributed by atoms with Gasteiger partial charge < -0.3 is 19.4 Å². The monoisotopic (exact) mass is 349 g/mol. The molecule has 0 saturated carbocycles. The Bertz CT molecular complexity index is 876. The highest BCUT2D eigenvalue weighted by Gasteiger charge is 2.21. The molecular weight excluding hydrogens is 330 g/mol.